The Kier molecular flexibility index (Phi) is 8.02. The van der Waals surface area contributed by atoms with Crippen LogP contribution < -0.4 is 5.32 Å². The van der Waals surface area contributed by atoms with Crippen molar-refractivity contribution in [1.29, 1.82) is 0 Å². The number of aliphatic hydroxyl groups is 1. The average molecular weight is 357 g/mol. The Bertz CT molecular complexity index is 482. The number of nitrogens with one attached hydrogen (secondary N) is 1. The fourth-order valence-electron chi connectivity index (χ4n) is 2.61. The fourth-order valence-corrected chi connectivity index (χ4v) is 2.61. The topological polar surface area (TPSA) is 105 Å². The summed E-state index contributed by atoms with van der Waals surface area (Å²) >= 11 is 0. The number of rotatable bonds is 11. The molecule has 0 radical (unpaired) electrons. The van der Waals surface area contributed by atoms with Crippen LogP contribution in [0.3, 0.4) is 0 Å². The molecule has 1 fully saturated rings. The lowest BCUT2D eigenvalue weighted by molar-refractivity contribution is -0.144. The molecule has 2 N–H and O–H groups in total. The van der Waals surface area contributed by atoms with E-state index in [1.807, 2.05) is 13.8 Å². The van der Waals surface area contributed by atoms with Gasteiger partial charge in [0.1, 0.15) is 0 Å². The first-order valence-electron chi connectivity index (χ1n) is 8.90. The van der Waals surface area contributed by atoms with E-state index < -0.39 is 29.7 Å². The van der Waals surface area contributed by atoms with Gasteiger partial charge in [-0.25, -0.2) is 4.79 Å². The quantitative estimate of drug-likeness (QED) is 0.425. The second-order valence-corrected chi connectivity index (χ2v) is 7.58. The van der Waals surface area contributed by atoms with Gasteiger partial charge in [-0.05, 0) is 39.5 Å². The average Bonchev–Trinajstić information content (AvgIpc) is 3.25. The Morgan fingerprint density at radius 1 is 1.24 bits per heavy atom. The van der Waals surface area contributed by atoms with Gasteiger partial charge < -0.3 is 19.9 Å². The van der Waals surface area contributed by atoms with E-state index >= 15 is 0 Å². The summed E-state index contributed by atoms with van der Waals surface area (Å²) < 4.78 is 9.94. The van der Waals surface area contributed by atoms with Crippen LogP contribution in [0.4, 0.5) is 0 Å². The van der Waals surface area contributed by atoms with Crippen LogP contribution in [0.5, 0.6) is 0 Å². The first kappa shape index (κ1) is 21.6. The van der Waals surface area contributed by atoms with E-state index in [1.165, 1.54) is 0 Å². The molecule has 3 atom stereocenters. The van der Waals surface area contributed by atoms with Crippen molar-refractivity contribution in [3.05, 3.63) is 0 Å². The third-order valence-corrected chi connectivity index (χ3v) is 3.94. The Morgan fingerprint density at radius 3 is 2.40 bits per heavy atom. The minimum Gasteiger partial charge on any atom is -0.464 e. The molecular weight excluding hydrogens is 326 g/mol. The summed E-state index contributed by atoms with van der Waals surface area (Å²) in [7, 11) is 0. The molecule has 1 heterocycles. The third kappa shape index (κ3) is 7.96. The second kappa shape index (κ2) is 9.29. The molecule has 0 aromatic rings. The highest BCUT2D eigenvalue weighted by atomic mass is 16.6. The van der Waals surface area contributed by atoms with Crippen LogP contribution in [-0.4, -0.2) is 53.7 Å². The molecule has 1 aliphatic heterocycles. The van der Waals surface area contributed by atoms with Crippen molar-refractivity contribution < 1.29 is 29.0 Å². The summed E-state index contributed by atoms with van der Waals surface area (Å²) in [4.78, 5) is 36.2. The minimum atomic E-state index is -0.856. The van der Waals surface area contributed by atoms with E-state index in [4.69, 9.17) is 9.47 Å². The minimum absolute atomic E-state index is 0.0348. The molecule has 7 heteroatoms. The molecule has 144 valence electrons. The first-order valence-corrected chi connectivity index (χ1v) is 8.90. The van der Waals surface area contributed by atoms with E-state index in [1.54, 1.807) is 20.8 Å². The number of esters is 1. The predicted octanol–water partition coefficient (Wildman–Crippen LogP) is 1.22. The van der Waals surface area contributed by atoms with Crippen LogP contribution in [0.25, 0.3) is 0 Å². The normalized spacial score (nSPS) is 20.9. The van der Waals surface area contributed by atoms with Crippen molar-refractivity contribution in [1.82, 2.24) is 5.32 Å². The van der Waals surface area contributed by atoms with Crippen molar-refractivity contribution in [2.75, 3.05) is 13.2 Å². The van der Waals surface area contributed by atoms with Crippen molar-refractivity contribution >= 4 is 17.7 Å². The molecule has 25 heavy (non-hydrogen) atoms. The lowest BCUT2D eigenvalue weighted by Gasteiger charge is -2.20. The van der Waals surface area contributed by atoms with Gasteiger partial charge in [0.2, 0.25) is 5.91 Å². The molecule has 0 bridgehead atoms. The van der Waals surface area contributed by atoms with Crippen molar-refractivity contribution in [2.24, 2.45) is 11.8 Å². The zero-order valence-electron chi connectivity index (χ0n) is 15.8. The zero-order valence-corrected chi connectivity index (χ0v) is 15.8. The van der Waals surface area contributed by atoms with Crippen LogP contribution in [0.1, 0.15) is 53.9 Å². The lowest BCUT2D eigenvalue weighted by Crippen LogP contribution is -2.36. The van der Waals surface area contributed by atoms with Crippen molar-refractivity contribution in [2.45, 2.75) is 71.7 Å². The molecule has 1 rings (SSSR count). The second-order valence-electron chi connectivity index (χ2n) is 7.58. The van der Waals surface area contributed by atoms with Crippen molar-refractivity contribution in [3.8, 4) is 0 Å². The van der Waals surface area contributed by atoms with Gasteiger partial charge in [0, 0.05) is 18.9 Å². The highest BCUT2D eigenvalue weighted by Gasteiger charge is 2.51. The number of Topliss-reactive ketones (excluding diaryl/α,β-unsaturated/α-hetero) is 1. The Hall–Kier alpha value is -1.47. The molecule has 0 aromatic carbocycles. The maximum absolute atomic E-state index is 12.4. The predicted molar refractivity (Wildman–Crippen MR) is 91.8 cm³/mol. The standard InChI is InChI=1S/C18H31NO6/c1-6-24-17(22)15-14(25-15)13(20)10-12(9-11(2)3)16(21)19-8-7-18(4,5)23/h11-12,14-15,23H,6-10H2,1-5H3,(H,19,21)/t12-,14-,15+/m1/s1. The van der Waals surface area contributed by atoms with Crippen LogP contribution in [0.15, 0.2) is 0 Å². The van der Waals surface area contributed by atoms with Gasteiger partial charge in [-0.1, -0.05) is 13.8 Å². The van der Waals surface area contributed by atoms with E-state index in [-0.39, 0.29) is 30.6 Å². The van der Waals surface area contributed by atoms with E-state index in [0.717, 1.165) is 0 Å². The molecular formula is C18H31NO6. The van der Waals surface area contributed by atoms with Gasteiger partial charge >= 0.3 is 5.97 Å². The number of amides is 1. The highest BCUT2D eigenvalue weighted by Crippen LogP contribution is 2.28. The van der Waals surface area contributed by atoms with Gasteiger partial charge in [-0.15, -0.1) is 0 Å². The molecule has 1 amide bonds. The number of ketones is 1. The number of epoxide rings is 1. The summed E-state index contributed by atoms with van der Waals surface area (Å²) in [6.45, 7) is 9.58. The van der Waals surface area contributed by atoms with Crippen LogP contribution in [0.2, 0.25) is 0 Å². The molecule has 1 saturated heterocycles. The Balaban J connectivity index is 2.54. The molecule has 1 aliphatic rings. The Morgan fingerprint density at radius 2 is 1.88 bits per heavy atom. The van der Waals surface area contributed by atoms with Crippen LogP contribution in [-0.2, 0) is 23.9 Å². The molecule has 0 unspecified atom stereocenters. The van der Waals surface area contributed by atoms with Crippen molar-refractivity contribution in [3.63, 3.8) is 0 Å². The van der Waals surface area contributed by atoms with E-state index in [2.05, 4.69) is 5.32 Å². The number of carbonyl (C=O) groups is 3. The van der Waals surface area contributed by atoms with Gasteiger partial charge in [0.05, 0.1) is 12.2 Å². The number of hydrogen-bond donors (Lipinski definition) is 2. The van der Waals surface area contributed by atoms with Gasteiger partial charge in [-0.3, -0.25) is 9.59 Å². The first-order chi connectivity index (χ1) is 11.5. The third-order valence-electron chi connectivity index (χ3n) is 3.94. The zero-order chi connectivity index (χ0) is 19.2. The summed E-state index contributed by atoms with van der Waals surface area (Å²) in [5, 5.41) is 12.5. The molecule has 0 spiro atoms. The summed E-state index contributed by atoms with van der Waals surface area (Å²) in [5.41, 5.74) is -0.856. The van der Waals surface area contributed by atoms with Crippen LogP contribution >= 0.6 is 0 Å². The summed E-state index contributed by atoms with van der Waals surface area (Å²) in [6.07, 6.45) is -0.592. The number of hydrogen-bond acceptors (Lipinski definition) is 6. The molecule has 0 aliphatic carbocycles. The largest absolute Gasteiger partial charge is 0.464 e. The monoisotopic (exact) mass is 357 g/mol. The molecule has 7 nitrogen and oxygen atoms in total. The smallest absolute Gasteiger partial charge is 0.338 e. The maximum Gasteiger partial charge on any atom is 0.338 e. The van der Waals surface area contributed by atoms with Gasteiger partial charge in [0.25, 0.3) is 0 Å². The number of ether oxygens (including phenoxy) is 2. The SMILES string of the molecule is CCOC(=O)[C@H]1O[C@@H]1C(=O)C[C@@H](CC(C)C)C(=O)NCCC(C)(C)O. The van der Waals surface area contributed by atoms with Crippen LogP contribution in [0, 0.1) is 11.8 Å². The number of carbonyl (C=O) groups excluding carboxylic acids is 3. The summed E-state index contributed by atoms with van der Waals surface area (Å²) in [6, 6.07) is 0. The Labute approximate surface area is 149 Å². The van der Waals surface area contributed by atoms with Gasteiger partial charge in [-0.2, -0.15) is 0 Å². The molecule has 0 saturated carbocycles. The maximum atomic E-state index is 12.4. The van der Waals surface area contributed by atoms with E-state index in [9.17, 15) is 19.5 Å². The summed E-state index contributed by atoms with van der Waals surface area (Å²) in [5.74, 6) is -1.21. The van der Waals surface area contributed by atoms with E-state index in [0.29, 0.717) is 19.4 Å². The fraction of sp³-hybridized carbons (Fsp3) is 0.833. The highest BCUT2D eigenvalue weighted by molar-refractivity contribution is 5.96. The molecule has 0 aromatic heterocycles. The lowest BCUT2D eigenvalue weighted by atomic mass is 9.90. The van der Waals surface area contributed by atoms with Gasteiger partial charge in [0.15, 0.2) is 18.0 Å².